The Bertz CT molecular complexity index is 819. The van der Waals surface area contributed by atoms with E-state index in [1.807, 2.05) is 29.2 Å². The Balaban J connectivity index is 1.42. The molecule has 2 aromatic heterocycles. The quantitative estimate of drug-likeness (QED) is 0.736. The third-order valence-corrected chi connectivity index (χ3v) is 4.76. The lowest BCUT2D eigenvalue weighted by molar-refractivity contribution is 0.244. The van der Waals surface area contributed by atoms with Gasteiger partial charge in [0.25, 0.3) is 0 Å². The van der Waals surface area contributed by atoms with Crippen LogP contribution in [0.5, 0.6) is 0 Å². The fraction of sp³-hybridized carbons (Fsp3) is 0.300. The van der Waals surface area contributed by atoms with Crippen molar-refractivity contribution in [2.24, 2.45) is 0 Å². The number of para-hydroxylation sites is 1. The molecular weight excluding hydrogens is 310 g/mol. The minimum absolute atomic E-state index is 0.921. The molecule has 0 N–H and O–H groups in total. The number of aryl methyl sites for hydroxylation is 1. The Kier molecular flexibility index (Phi) is 4.48. The zero-order chi connectivity index (χ0) is 17.1. The predicted molar refractivity (Wildman–Crippen MR) is 100 cm³/mol. The maximum atomic E-state index is 4.55. The third-order valence-electron chi connectivity index (χ3n) is 4.76. The molecule has 1 saturated heterocycles. The van der Waals surface area contributed by atoms with Crippen molar-refractivity contribution in [1.82, 2.24) is 19.7 Å². The summed E-state index contributed by atoms with van der Waals surface area (Å²) in [6, 6.07) is 16.6. The summed E-state index contributed by atoms with van der Waals surface area (Å²) in [5.74, 6) is 1.12. The highest BCUT2D eigenvalue weighted by Crippen LogP contribution is 2.19. The molecule has 128 valence electrons. The Hall–Kier alpha value is -2.66. The number of piperazine rings is 1. The van der Waals surface area contributed by atoms with Crippen molar-refractivity contribution in [2.75, 3.05) is 31.1 Å². The minimum Gasteiger partial charge on any atom is -0.354 e. The van der Waals surface area contributed by atoms with Crippen LogP contribution < -0.4 is 4.90 Å². The second kappa shape index (κ2) is 7.07. The van der Waals surface area contributed by atoms with Crippen LogP contribution in [0, 0.1) is 6.92 Å². The SMILES string of the molecule is Cc1cccnc1N1CCN(Cc2ccnn2-c2ccccc2)CC1. The van der Waals surface area contributed by atoms with E-state index in [9.17, 15) is 0 Å². The normalized spacial score (nSPS) is 15.5. The molecule has 0 atom stereocenters. The smallest absolute Gasteiger partial charge is 0.131 e. The molecule has 1 aliphatic rings. The van der Waals surface area contributed by atoms with Gasteiger partial charge >= 0.3 is 0 Å². The zero-order valence-corrected chi connectivity index (χ0v) is 14.5. The molecule has 0 amide bonds. The predicted octanol–water partition coefficient (Wildman–Crippen LogP) is 2.90. The van der Waals surface area contributed by atoms with Crippen LogP contribution in [0.1, 0.15) is 11.3 Å². The molecule has 0 saturated carbocycles. The van der Waals surface area contributed by atoms with Gasteiger partial charge in [0.2, 0.25) is 0 Å². The molecule has 1 fully saturated rings. The van der Waals surface area contributed by atoms with Gasteiger partial charge in [-0.05, 0) is 36.8 Å². The summed E-state index contributed by atoms with van der Waals surface area (Å²) in [4.78, 5) is 9.43. The lowest BCUT2D eigenvalue weighted by Gasteiger charge is -2.36. The first-order chi connectivity index (χ1) is 12.3. The molecule has 3 aromatic rings. The van der Waals surface area contributed by atoms with E-state index in [1.54, 1.807) is 0 Å². The van der Waals surface area contributed by atoms with Gasteiger partial charge in [-0.1, -0.05) is 24.3 Å². The average molecular weight is 333 g/mol. The van der Waals surface area contributed by atoms with Crippen molar-refractivity contribution in [2.45, 2.75) is 13.5 Å². The van der Waals surface area contributed by atoms with Gasteiger partial charge in [-0.3, -0.25) is 4.90 Å². The monoisotopic (exact) mass is 333 g/mol. The zero-order valence-electron chi connectivity index (χ0n) is 14.5. The molecule has 0 spiro atoms. The highest BCUT2D eigenvalue weighted by Gasteiger charge is 2.20. The highest BCUT2D eigenvalue weighted by molar-refractivity contribution is 5.46. The van der Waals surface area contributed by atoms with Crippen LogP contribution >= 0.6 is 0 Å². The van der Waals surface area contributed by atoms with Gasteiger partial charge < -0.3 is 4.90 Å². The molecule has 0 aliphatic carbocycles. The Morgan fingerprint density at radius 3 is 2.44 bits per heavy atom. The number of aromatic nitrogens is 3. The number of nitrogens with zero attached hydrogens (tertiary/aromatic N) is 5. The van der Waals surface area contributed by atoms with Crippen molar-refractivity contribution in [3.63, 3.8) is 0 Å². The largest absolute Gasteiger partial charge is 0.354 e. The van der Waals surface area contributed by atoms with Crippen LogP contribution in [-0.2, 0) is 6.54 Å². The Morgan fingerprint density at radius 1 is 0.880 bits per heavy atom. The molecule has 1 aliphatic heterocycles. The van der Waals surface area contributed by atoms with Crippen molar-refractivity contribution in [3.05, 3.63) is 72.2 Å². The summed E-state index contributed by atoms with van der Waals surface area (Å²) < 4.78 is 2.04. The first-order valence-corrected chi connectivity index (χ1v) is 8.78. The molecule has 5 heteroatoms. The van der Waals surface area contributed by atoms with Gasteiger partial charge in [0, 0.05) is 45.1 Å². The molecule has 3 heterocycles. The summed E-state index contributed by atoms with van der Waals surface area (Å²) in [6.07, 6.45) is 3.77. The Morgan fingerprint density at radius 2 is 1.68 bits per heavy atom. The van der Waals surface area contributed by atoms with Gasteiger partial charge in [-0.15, -0.1) is 0 Å². The Labute approximate surface area is 148 Å². The van der Waals surface area contributed by atoms with Gasteiger partial charge in [-0.2, -0.15) is 5.10 Å². The number of hydrogen-bond acceptors (Lipinski definition) is 4. The van der Waals surface area contributed by atoms with Crippen molar-refractivity contribution in [3.8, 4) is 5.69 Å². The van der Waals surface area contributed by atoms with Crippen LogP contribution in [0.2, 0.25) is 0 Å². The van der Waals surface area contributed by atoms with E-state index in [1.165, 1.54) is 11.3 Å². The number of rotatable bonds is 4. The van der Waals surface area contributed by atoms with Crippen molar-refractivity contribution in [1.29, 1.82) is 0 Å². The van der Waals surface area contributed by atoms with E-state index < -0.39 is 0 Å². The highest BCUT2D eigenvalue weighted by atomic mass is 15.3. The van der Waals surface area contributed by atoms with Crippen LogP contribution in [-0.4, -0.2) is 45.8 Å². The maximum absolute atomic E-state index is 4.55. The van der Waals surface area contributed by atoms with Gasteiger partial charge in [-0.25, -0.2) is 9.67 Å². The second-order valence-electron chi connectivity index (χ2n) is 6.48. The summed E-state index contributed by atoms with van der Waals surface area (Å²) in [5, 5.41) is 4.50. The van der Waals surface area contributed by atoms with Crippen molar-refractivity contribution >= 4 is 5.82 Å². The van der Waals surface area contributed by atoms with Gasteiger partial charge in [0.15, 0.2) is 0 Å². The number of anilines is 1. The van der Waals surface area contributed by atoms with Crippen LogP contribution in [0.3, 0.4) is 0 Å². The fourth-order valence-corrected chi connectivity index (χ4v) is 3.41. The standard InChI is InChI=1S/C20H23N5/c1-17-6-5-10-21-20(17)24-14-12-23(13-15-24)16-19-9-11-22-25(19)18-7-3-2-4-8-18/h2-11H,12-16H2,1H3. The maximum Gasteiger partial charge on any atom is 0.131 e. The van der Waals surface area contributed by atoms with Crippen molar-refractivity contribution < 1.29 is 0 Å². The molecule has 0 radical (unpaired) electrons. The molecular formula is C20H23N5. The average Bonchev–Trinajstić information content (AvgIpc) is 3.12. The van der Waals surface area contributed by atoms with E-state index in [0.717, 1.165) is 44.2 Å². The van der Waals surface area contributed by atoms with Crippen LogP contribution in [0.15, 0.2) is 60.9 Å². The summed E-state index contributed by atoms with van der Waals surface area (Å²) in [7, 11) is 0. The number of pyridine rings is 1. The van der Waals surface area contributed by atoms with E-state index in [2.05, 4.69) is 63.2 Å². The molecule has 0 bridgehead atoms. The van der Waals surface area contributed by atoms with E-state index in [4.69, 9.17) is 0 Å². The lowest BCUT2D eigenvalue weighted by Crippen LogP contribution is -2.46. The minimum atomic E-state index is 0.921. The summed E-state index contributed by atoms with van der Waals surface area (Å²) >= 11 is 0. The van der Waals surface area contributed by atoms with Gasteiger partial charge in [0.05, 0.1) is 11.4 Å². The second-order valence-corrected chi connectivity index (χ2v) is 6.48. The van der Waals surface area contributed by atoms with E-state index in [0.29, 0.717) is 0 Å². The van der Waals surface area contributed by atoms with Crippen LogP contribution in [0.4, 0.5) is 5.82 Å². The number of hydrogen-bond donors (Lipinski definition) is 0. The van der Waals surface area contributed by atoms with Crippen LogP contribution in [0.25, 0.3) is 5.69 Å². The fourth-order valence-electron chi connectivity index (χ4n) is 3.41. The number of benzene rings is 1. The van der Waals surface area contributed by atoms with E-state index in [-0.39, 0.29) is 0 Å². The summed E-state index contributed by atoms with van der Waals surface area (Å²) in [6.45, 7) is 7.15. The lowest BCUT2D eigenvalue weighted by atomic mass is 10.2. The summed E-state index contributed by atoms with van der Waals surface area (Å²) in [5.41, 5.74) is 3.59. The third kappa shape index (κ3) is 3.42. The molecule has 1 aromatic carbocycles. The topological polar surface area (TPSA) is 37.2 Å². The van der Waals surface area contributed by atoms with E-state index >= 15 is 0 Å². The van der Waals surface area contributed by atoms with Gasteiger partial charge in [0.1, 0.15) is 5.82 Å². The molecule has 5 nitrogen and oxygen atoms in total. The first-order valence-electron chi connectivity index (χ1n) is 8.78. The molecule has 25 heavy (non-hydrogen) atoms. The molecule has 4 rings (SSSR count). The molecule has 0 unspecified atom stereocenters. The first kappa shape index (κ1) is 15.8.